The number of rotatable bonds is 6. The van der Waals surface area contributed by atoms with Crippen LogP contribution < -0.4 is 0 Å². The van der Waals surface area contributed by atoms with Gasteiger partial charge in [-0.25, -0.2) is 27.2 Å². The molecule has 0 fully saturated rings. The van der Waals surface area contributed by atoms with Crippen molar-refractivity contribution in [3.63, 3.8) is 0 Å². The van der Waals surface area contributed by atoms with Crippen LogP contribution in [0.3, 0.4) is 0 Å². The summed E-state index contributed by atoms with van der Waals surface area (Å²) in [5.74, 6) is -0.332. The third-order valence-electron chi connectivity index (χ3n) is 3.59. The van der Waals surface area contributed by atoms with Gasteiger partial charge in [-0.3, -0.25) is 0 Å². The van der Waals surface area contributed by atoms with E-state index in [9.17, 15) is 12.8 Å². The van der Waals surface area contributed by atoms with Crippen molar-refractivity contribution in [1.82, 2.24) is 24.5 Å². The summed E-state index contributed by atoms with van der Waals surface area (Å²) in [7, 11) is -3.45. The standard InChI is InChI=1S/C16H18FN5O2S/c1-12(2)22-16(18-11-19-22)10-25(23,24)9-14-7-8-21(20-14)15-5-3-13(17)4-6-15/h3-8,11-12H,9-10H2,1-2H3. The Morgan fingerprint density at radius 3 is 2.52 bits per heavy atom. The highest BCUT2D eigenvalue weighted by molar-refractivity contribution is 7.89. The minimum atomic E-state index is -3.45. The lowest BCUT2D eigenvalue weighted by molar-refractivity contribution is 0.510. The zero-order chi connectivity index (χ0) is 18.0. The topological polar surface area (TPSA) is 82.7 Å². The molecule has 0 aliphatic heterocycles. The molecular weight excluding hydrogens is 345 g/mol. The normalized spacial score (nSPS) is 12.0. The van der Waals surface area contributed by atoms with E-state index in [0.29, 0.717) is 17.2 Å². The Bertz CT molecular complexity index is 961. The van der Waals surface area contributed by atoms with E-state index in [0.717, 1.165) is 0 Å². The van der Waals surface area contributed by atoms with Crippen molar-refractivity contribution in [3.8, 4) is 5.69 Å². The predicted molar refractivity (Wildman–Crippen MR) is 90.3 cm³/mol. The van der Waals surface area contributed by atoms with Crippen LogP contribution in [0.15, 0.2) is 42.9 Å². The monoisotopic (exact) mass is 363 g/mol. The number of halogens is 1. The summed E-state index contributed by atoms with van der Waals surface area (Å²) in [4.78, 5) is 4.04. The fraction of sp³-hybridized carbons (Fsp3) is 0.312. The summed E-state index contributed by atoms with van der Waals surface area (Å²) in [6.07, 6.45) is 3.00. The van der Waals surface area contributed by atoms with Gasteiger partial charge in [-0.15, -0.1) is 0 Å². The summed E-state index contributed by atoms with van der Waals surface area (Å²) in [5.41, 5.74) is 1.07. The Kier molecular flexibility index (Phi) is 4.67. The van der Waals surface area contributed by atoms with Crippen LogP contribution >= 0.6 is 0 Å². The minimum absolute atomic E-state index is 0.0328. The summed E-state index contributed by atoms with van der Waals surface area (Å²) < 4.78 is 41.0. The smallest absolute Gasteiger partial charge is 0.163 e. The van der Waals surface area contributed by atoms with Crippen LogP contribution in [0.2, 0.25) is 0 Å². The van der Waals surface area contributed by atoms with Crippen molar-refractivity contribution < 1.29 is 12.8 Å². The van der Waals surface area contributed by atoms with Crippen molar-refractivity contribution in [2.45, 2.75) is 31.4 Å². The lowest BCUT2D eigenvalue weighted by Gasteiger charge is -2.09. The molecule has 0 atom stereocenters. The van der Waals surface area contributed by atoms with Gasteiger partial charge in [0.2, 0.25) is 0 Å². The van der Waals surface area contributed by atoms with Gasteiger partial charge in [0, 0.05) is 12.2 Å². The lowest BCUT2D eigenvalue weighted by Crippen LogP contribution is -2.15. The van der Waals surface area contributed by atoms with Gasteiger partial charge in [0.15, 0.2) is 9.84 Å². The average Bonchev–Trinajstić information content (AvgIpc) is 3.16. The van der Waals surface area contributed by atoms with Crippen LogP contribution in [0.25, 0.3) is 5.69 Å². The second-order valence-electron chi connectivity index (χ2n) is 5.97. The van der Waals surface area contributed by atoms with Crippen molar-refractivity contribution in [3.05, 3.63) is 60.2 Å². The van der Waals surface area contributed by atoms with Gasteiger partial charge in [-0.2, -0.15) is 10.2 Å². The highest BCUT2D eigenvalue weighted by Gasteiger charge is 2.19. The molecule has 0 unspecified atom stereocenters. The second kappa shape index (κ2) is 6.75. The van der Waals surface area contributed by atoms with Crippen molar-refractivity contribution in [1.29, 1.82) is 0 Å². The van der Waals surface area contributed by atoms with E-state index in [2.05, 4.69) is 15.2 Å². The molecule has 132 valence electrons. The average molecular weight is 363 g/mol. The van der Waals surface area contributed by atoms with E-state index in [1.54, 1.807) is 29.1 Å². The Morgan fingerprint density at radius 2 is 1.84 bits per heavy atom. The lowest BCUT2D eigenvalue weighted by atomic mass is 10.3. The van der Waals surface area contributed by atoms with Gasteiger partial charge >= 0.3 is 0 Å². The fourth-order valence-corrected chi connectivity index (χ4v) is 3.76. The number of hydrogen-bond donors (Lipinski definition) is 0. The molecule has 0 aliphatic rings. The number of benzene rings is 1. The Hall–Kier alpha value is -2.55. The number of sulfone groups is 1. The molecule has 0 N–H and O–H groups in total. The molecule has 0 amide bonds. The first-order chi connectivity index (χ1) is 11.8. The van der Waals surface area contributed by atoms with Crippen LogP contribution in [0.1, 0.15) is 31.4 Å². The molecule has 0 aliphatic carbocycles. The molecular formula is C16H18FN5O2S. The molecule has 0 spiro atoms. The van der Waals surface area contributed by atoms with Crippen LogP contribution in [0, 0.1) is 5.82 Å². The third kappa shape index (κ3) is 4.11. The molecule has 25 heavy (non-hydrogen) atoms. The molecule has 3 rings (SSSR count). The van der Waals surface area contributed by atoms with E-state index in [1.807, 2.05) is 13.8 Å². The quantitative estimate of drug-likeness (QED) is 0.671. The van der Waals surface area contributed by atoms with E-state index in [-0.39, 0.29) is 23.4 Å². The summed E-state index contributed by atoms with van der Waals surface area (Å²) in [6, 6.07) is 7.47. The molecule has 3 aromatic rings. The largest absolute Gasteiger partial charge is 0.247 e. The maximum Gasteiger partial charge on any atom is 0.163 e. The number of nitrogens with zero attached hydrogens (tertiary/aromatic N) is 5. The van der Waals surface area contributed by atoms with Crippen LogP contribution in [-0.4, -0.2) is 33.0 Å². The van der Waals surface area contributed by atoms with E-state index < -0.39 is 9.84 Å². The Morgan fingerprint density at radius 1 is 1.12 bits per heavy atom. The van der Waals surface area contributed by atoms with Gasteiger partial charge in [0.25, 0.3) is 0 Å². The molecule has 2 aromatic heterocycles. The zero-order valence-corrected chi connectivity index (χ0v) is 14.7. The maximum absolute atomic E-state index is 13.0. The molecule has 0 saturated heterocycles. The van der Waals surface area contributed by atoms with Gasteiger partial charge in [0.05, 0.1) is 17.1 Å². The van der Waals surface area contributed by atoms with E-state index >= 15 is 0 Å². The molecule has 0 saturated carbocycles. The summed E-state index contributed by atoms with van der Waals surface area (Å²) in [6.45, 7) is 3.82. The van der Waals surface area contributed by atoms with Crippen LogP contribution in [-0.2, 0) is 21.3 Å². The summed E-state index contributed by atoms with van der Waals surface area (Å²) in [5, 5.41) is 8.30. The Balaban J connectivity index is 1.75. The molecule has 7 nitrogen and oxygen atoms in total. The molecule has 9 heteroatoms. The zero-order valence-electron chi connectivity index (χ0n) is 13.9. The maximum atomic E-state index is 13.0. The highest BCUT2D eigenvalue weighted by atomic mass is 32.2. The van der Waals surface area contributed by atoms with Crippen molar-refractivity contribution >= 4 is 9.84 Å². The first-order valence-electron chi connectivity index (χ1n) is 7.73. The third-order valence-corrected chi connectivity index (χ3v) is 5.02. The second-order valence-corrected chi connectivity index (χ2v) is 8.04. The first-order valence-corrected chi connectivity index (χ1v) is 9.55. The summed E-state index contributed by atoms with van der Waals surface area (Å²) >= 11 is 0. The van der Waals surface area contributed by atoms with E-state index in [1.165, 1.54) is 23.1 Å². The predicted octanol–water partition coefficient (Wildman–Crippen LogP) is 2.30. The Labute approximate surface area is 145 Å². The molecule has 0 bridgehead atoms. The molecule has 2 heterocycles. The van der Waals surface area contributed by atoms with Crippen LogP contribution in [0.4, 0.5) is 4.39 Å². The fourth-order valence-electron chi connectivity index (χ4n) is 2.46. The van der Waals surface area contributed by atoms with Gasteiger partial charge < -0.3 is 0 Å². The SMILES string of the molecule is CC(C)n1ncnc1CS(=O)(=O)Cc1ccn(-c2ccc(F)cc2)n1. The van der Waals surface area contributed by atoms with Crippen LogP contribution in [0.5, 0.6) is 0 Å². The minimum Gasteiger partial charge on any atom is -0.247 e. The van der Waals surface area contributed by atoms with Gasteiger partial charge in [-0.1, -0.05) is 0 Å². The van der Waals surface area contributed by atoms with Crippen molar-refractivity contribution in [2.24, 2.45) is 0 Å². The highest BCUT2D eigenvalue weighted by Crippen LogP contribution is 2.14. The van der Waals surface area contributed by atoms with E-state index in [4.69, 9.17) is 0 Å². The first kappa shape index (κ1) is 17.3. The van der Waals surface area contributed by atoms with Gasteiger partial charge in [-0.05, 0) is 44.2 Å². The molecule has 0 radical (unpaired) electrons. The molecule has 1 aromatic carbocycles. The van der Waals surface area contributed by atoms with Crippen molar-refractivity contribution in [2.75, 3.05) is 0 Å². The number of aromatic nitrogens is 5. The van der Waals surface area contributed by atoms with Gasteiger partial charge in [0.1, 0.15) is 23.7 Å². The number of hydrogen-bond acceptors (Lipinski definition) is 5.